The summed E-state index contributed by atoms with van der Waals surface area (Å²) in [4.78, 5) is 2.40. The van der Waals surface area contributed by atoms with Crippen molar-refractivity contribution < 1.29 is 4.74 Å². The molecule has 4 nitrogen and oxygen atoms in total. The normalized spacial score (nSPS) is 24.3. The van der Waals surface area contributed by atoms with Gasteiger partial charge in [-0.05, 0) is 44.1 Å². The lowest BCUT2D eigenvalue weighted by Gasteiger charge is -2.38. The molecule has 1 aliphatic carbocycles. The van der Waals surface area contributed by atoms with Gasteiger partial charge in [-0.2, -0.15) is 0 Å². The predicted octanol–water partition coefficient (Wildman–Crippen LogP) is 3.71. The molecule has 2 heterocycles. The molecule has 1 aromatic carbocycles. The first-order chi connectivity index (χ1) is 11.8. The van der Waals surface area contributed by atoms with Crippen LogP contribution in [-0.2, 0) is 11.2 Å². The Kier molecular flexibility index (Phi) is 4.81. The Labute approximate surface area is 147 Å². The van der Waals surface area contributed by atoms with Gasteiger partial charge in [0.15, 0.2) is 0 Å². The molecule has 1 aliphatic heterocycles. The summed E-state index contributed by atoms with van der Waals surface area (Å²) in [5, 5.41) is 10.6. The SMILES string of the molecule is Cc1nnc(N2CC[C@H](OCC3CC3)[C@@H](Cc3ccccc3)C2)s1. The second kappa shape index (κ2) is 7.19. The number of rotatable bonds is 6. The number of aromatic nitrogens is 2. The topological polar surface area (TPSA) is 38.2 Å². The second-order valence-corrected chi connectivity index (χ2v) is 8.26. The maximum atomic E-state index is 6.32. The van der Waals surface area contributed by atoms with Gasteiger partial charge in [0.1, 0.15) is 5.01 Å². The van der Waals surface area contributed by atoms with Crippen LogP contribution in [0.15, 0.2) is 30.3 Å². The highest BCUT2D eigenvalue weighted by atomic mass is 32.1. The smallest absolute Gasteiger partial charge is 0.208 e. The number of aryl methyl sites for hydroxylation is 1. The lowest BCUT2D eigenvalue weighted by Crippen LogP contribution is -2.45. The molecule has 2 atom stereocenters. The maximum absolute atomic E-state index is 6.32. The fraction of sp³-hybridized carbons (Fsp3) is 0.579. The highest BCUT2D eigenvalue weighted by Gasteiger charge is 2.33. The van der Waals surface area contributed by atoms with Crippen molar-refractivity contribution >= 4 is 16.5 Å². The van der Waals surface area contributed by atoms with Gasteiger partial charge in [-0.3, -0.25) is 0 Å². The molecule has 128 valence electrons. The van der Waals surface area contributed by atoms with E-state index in [1.54, 1.807) is 11.3 Å². The van der Waals surface area contributed by atoms with Gasteiger partial charge < -0.3 is 9.64 Å². The lowest BCUT2D eigenvalue weighted by molar-refractivity contribution is -0.00481. The minimum atomic E-state index is 0.371. The van der Waals surface area contributed by atoms with Crippen LogP contribution in [0.1, 0.15) is 29.8 Å². The Morgan fingerprint density at radius 2 is 2.00 bits per heavy atom. The van der Waals surface area contributed by atoms with E-state index in [9.17, 15) is 0 Å². The van der Waals surface area contributed by atoms with E-state index in [0.29, 0.717) is 12.0 Å². The molecule has 1 aromatic heterocycles. The van der Waals surface area contributed by atoms with Gasteiger partial charge in [-0.1, -0.05) is 41.7 Å². The van der Waals surface area contributed by atoms with Gasteiger partial charge in [0.25, 0.3) is 0 Å². The molecule has 0 radical (unpaired) electrons. The van der Waals surface area contributed by atoms with Gasteiger partial charge in [-0.15, -0.1) is 10.2 Å². The van der Waals surface area contributed by atoms with E-state index in [1.807, 2.05) is 6.92 Å². The lowest BCUT2D eigenvalue weighted by atomic mass is 9.88. The molecule has 1 saturated carbocycles. The summed E-state index contributed by atoms with van der Waals surface area (Å²) in [7, 11) is 0. The number of hydrogen-bond acceptors (Lipinski definition) is 5. The van der Waals surface area contributed by atoms with Crippen molar-refractivity contribution in [2.24, 2.45) is 11.8 Å². The summed E-state index contributed by atoms with van der Waals surface area (Å²) in [5.41, 5.74) is 1.40. The van der Waals surface area contributed by atoms with E-state index in [1.165, 1.54) is 18.4 Å². The predicted molar refractivity (Wildman–Crippen MR) is 97.6 cm³/mol. The summed E-state index contributed by atoms with van der Waals surface area (Å²) < 4.78 is 6.32. The van der Waals surface area contributed by atoms with Crippen LogP contribution >= 0.6 is 11.3 Å². The molecule has 5 heteroatoms. The first-order valence-electron chi connectivity index (χ1n) is 8.98. The zero-order valence-electron chi connectivity index (χ0n) is 14.2. The maximum Gasteiger partial charge on any atom is 0.208 e. The summed E-state index contributed by atoms with van der Waals surface area (Å²) in [6.45, 7) is 5.01. The molecular formula is C19H25N3OS. The van der Waals surface area contributed by atoms with E-state index in [2.05, 4.69) is 45.4 Å². The van der Waals surface area contributed by atoms with Crippen molar-refractivity contribution in [1.29, 1.82) is 0 Å². The molecule has 0 spiro atoms. The third-order valence-electron chi connectivity index (χ3n) is 5.03. The van der Waals surface area contributed by atoms with Crippen LogP contribution in [0.5, 0.6) is 0 Å². The number of anilines is 1. The van der Waals surface area contributed by atoms with Crippen molar-refractivity contribution in [1.82, 2.24) is 10.2 Å². The molecule has 0 N–H and O–H groups in total. The Morgan fingerprint density at radius 1 is 1.17 bits per heavy atom. The van der Waals surface area contributed by atoms with Gasteiger partial charge in [-0.25, -0.2) is 0 Å². The first kappa shape index (κ1) is 16.0. The zero-order chi connectivity index (χ0) is 16.4. The Bertz CT molecular complexity index is 656. The standard InChI is InChI=1S/C19H25N3OS/c1-14-20-21-19(24-14)22-10-9-18(23-13-16-7-8-16)17(12-22)11-15-5-3-2-4-6-15/h2-6,16-18H,7-13H2,1H3/t17-,18-/m0/s1. The fourth-order valence-corrected chi connectivity index (χ4v) is 4.20. The average molecular weight is 343 g/mol. The van der Waals surface area contributed by atoms with Crippen molar-refractivity contribution in [2.45, 2.75) is 38.7 Å². The fourth-order valence-electron chi connectivity index (χ4n) is 3.47. The van der Waals surface area contributed by atoms with E-state index in [4.69, 9.17) is 4.74 Å². The number of hydrogen-bond donors (Lipinski definition) is 0. The zero-order valence-corrected chi connectivity index (χ0v) is 15.0. The van der Waals surface area contributed by atoms with Crippen molar-refractivity contribution in [3.05, 3.63) is 40.9 Å². The van der Waals surface area contributed by atoms with Gasteiger partial charge in [0.2, 0.25) is 5.13 Å². The number of benzene rings is 1. The molecule has 4 rings (SSSR count). The van der Waals surface area contributed by atoms with Crippen molar-refractivity contribution in [2.75, 3.05) is 24.6 Å². The summed E-state index contributed by atoms with van der Waals surface area (Å²) in [6.07, 6.45) is 5.24. The Hall–Kier alpha value is -1.46. The molecular weight excluding hydrogens is 318 g/mol. The quantitative estimate of drug-likeness (QED) is 0.801. The molecule has 1 saturated heterocycles. The number of ether oxygens (including phenoxy) is 1. The molecule has 2 fully saturated rings. The van der Waals surface area contributed by atoms with Crippen molar-refractivity contribution in [3.8, 4) is 0 Å². The van der Waals surface area contributed by atoms with Crippen LogP contribution in [-0.4, -0.2) is 36.0 Å². The molecule has 2 aromatic rings. The summed E-state index contributed by atoms with van der Waals surface area (Å²) in [5.74, 6) is 1.34. The van der Waals surface area contributed by atoms with Crippen LogP contribution in [0, 0.1) is 18.8 Å². The van der Waals surface area contributed by atoms with Crippen LogP contribution in [0.3, 0.4) is 0 Å². The third-order valence-corrected chi connectivity index (χ3v) is 5.93. The highest BCUT2D eigenvalue weighted by Crippen LogP contribution is 2.33. The monoisotopic (exact) mass is 343 g/mol. The second-order valence-electron chi connectivity index (χ2n) is 7.10. The molecule has 0 unspecified atom stereocenters. The summed E-state index contributed by atoms with van der Waals surface area (Å²) >= 11 is 1.69. The van der Waals surface area contributed by atoms with E-state index < -0.39 is 0 Å². The highest BCUT2D eigenvalue weighted by molar-refractivity contribution is 7.15. The summed E-state index contributed by atoms with van der Waals surface area (Å²) in [6, 6.07) is 10.8. The van der Waals surface area contributed by atoms with Crippen LogP contribution in [0.2, 0.25) is 0 Å². The largest absolute Gasteiger partial charge is 0.377 e. The van der Waals surface area contributed by atoms with E-state index >= 15 is 0 Å². The molecule has 24 heavy (non-hydrogen) atoms. The Morgan fingerprint density at radius 3 is 2.71 bits per heavy atom. The minimum absolute atomic E-state index is 0.371. The molecule has 0 bridgehead atoms. The van der Waals surface area contributed by atoms with Crippen molar-refractivity contribution in [3.63, 3.8) is 0 Å². The third kappa shape index (κ3) is 3.95. The molecule has 2 aliphatic rings. The first-order valence-corrected chi connectivity index (χ1v) is 9.80. The van der Waals surface area contributed by atoms with Crippen LogP contribution in [0.4, 0.5) is 5.13 Å². The van der Waals surface area contributed by atoms with Gasteiger partial charge in [0, 0.05) is 25.6 Å². The van der Waals surface area contributed by atoms with Crippen LogP contribution < -0.4 is 4.90 Å². The van der Waals surface area contributed by atoms with Crippen LogP contribution in [0.25, 0.3) is 0 Å². The van der Waals surface area contributed by atoms with Gasteiger partial charge in [0.05, 0.1) is 6.10 Å². The number of piperidine rings is 1. The average Bonchev–Trinajstić information content (AvgIpc) is 3.34. The number of nitrogens with zero attached hydrogens (tertiary/aromatic N) is 3. The van der Waals surface area contributed by atoms with E-state index in [-0.39, 0.29) is 0 Å². The van der Waals surface area contributed by atoms with E-state index in [0.717, 1.165) is 48.6 Å². The molecule has 0 amide bonds. The Balaban J connectivity index is 1.46. The minimum Gasteiger partial charge on any atom is -0.377 e. The van der Waals surface area contributed by atoms with Gasteiger partial charge >= 0.3 is 0 Å².